The number of oxime groups is 1. The van der Waals surface area contributed by atoms with Crippen LogP contribution in [0.25, 0.3) is 5.82 Å². The summed E-state index contributed by atoms with van der Waals surface area (Å²) >= 11 is 3.48. The molecule has 102 valence electrons. The topological polar surface area (TPSA) is 94.2 Å². The molecule has 0 aliphatic carbocycles. The number of nitrogens with zero attached hydrogens (tertiary/aromatic N) is 5. The molecule has 19 heavy (non-hydrogen) atoms. The van der Waals surface area contributed by atoms with Crippen molar-refractivity contribution in [1.29, 1.82) is 0 Å². The minimum Gasteiger partial charge on any atom is -0.409 e. The Morgan fingerprint density at radius 2 is 1.89 bits per heavy atom. The summed E-state index contributed by atoms with van der Waals surface area (Å²) in [5.41, 5.74) is 8.77. The molecule has 0 atom stereocenters. The van der Waals surface area contributed by atoms with E-state index in [4.69, 9.17) is 10.9 Å². The number of aromatic nitrogens is 4. The molecule has 2 heterocycles. The van der Waals surface area contributed by atoms with E-state index >= 15 is 0 Å². The first kappa shape index (κ1) is 13.6. The van der Waals surface area contributed by atoms with Gasteiger partial charge in [0.25, 0.3) is 0 Å². The minimum atomic E-state index is 0.0178. The van der Waals surface area contributed by atoms with Crippen molar-refractivity contribution in [2.75, 3.05) is 0 Å². The van der Waals surface area contributed by atoms with E-state index in [-0.39, 0.29) is 5.84 Å². The summed E-state index contributed by atoms with van der Waals surface area (Å²) in [6.45, 7) is 5.64. The Hall–Kier alpha value is -1.83. The summed E-state index contributed by atoms with van der Waals surface area (Å²) in [6.07, 6.45) is 0. The van der Waals surface area contributed by atoms with Gasteiger partial charge in [0.2, 0.25) is 0 Å². The smallest absolute Gasteiger partial charge is 0.175 e. The first-order chi connectivity index (χ1) is 8.88. The van der Waals surface area contributed by atoms with Gasteiger partial charge in [-0.05, 0) is 36.7 Å². The summed E-state index contributed by atoms with van der Waals surface area (Å²) in [5, 5.41) is 20.7. The van der Waals surface area contributed by atoms with Crippen molar-refractivity contribution in [3.8, 4) is 5.82 Å². The van der Waals surface area contributed by atoms with Gasteiger partial charge >= 0.3 is 0 Å². The third kappa shape index (κ3) is 2.01. The number of rotatable bonds is 2. The van der Waals surface area contributed by atoms with Crippen molar-refractivity contribution in [3.63, 3.8) is 0 Å². The Morgan fingerprint density at radius 3 is 2.37 bits per heavy atom. The number of amidine groups is 1. The van der Waals surface area contributed by atoms with E-state index < -0.39 is 0 Å². The highest BCUT2D eigenvalue weighted by Gasteiger charge is 2.22. The lowest BCUT2D eigenvalue weighted by Crippen LogP contribution is -2.18. The molecule has 3 N–H and O–H groups in total. The summed E-state index contributed by atoms with van der Waals surface area (Å²) in [5.74, 6) is 0.684. The van der Waals surface area contributed by atoms with E-state index in [1.165, 1.54) is 0 Å². The van der Waals surface area contributed by atoms with Gasteiger partial charge in [0.05, 0.1) is 27.1 Å². The van der Waals surface area contributed by atoms with E-state index in [1.54, 1.807) is 23.3 Å². The van der Waals surface area contributed by atoms with Crippen LogP contribution in [0.3, 0.4) is 0 Å². The summed E-state index contributed by atoms with van der Waals surface area (Å²) in [6, 6.07) is 0. The first-order valence-corrected chi connectivity index (χ1v) is 6.41. The molecule has 0 saturated carbocycles. The zero-order valence-corrected chi connectivity index (χ0v) is 12.7. The zero-order chi connectivity index (χ0) is 14.3. The van der Waals surface area contributed by atoms with Crippen molar-refractivity contribution >= 4 is 21.8 Å². The van der Waals surface area contributed by atoms with Gasteiger partial charge in [-0.15, -0.1) is 0 Å². The van der Waals surface area contributed by atoms with Crippen LogP contribution in [0.2, 0.25) is 0 Å². The summed E-state index contributed by atoms with van der Waals surface area (Å²) < 4.78 is 4.32. The molecule has 2 aromatic heterocycles. The zero-order valence-electron chi connectivity index (χ0n) is 11.1. The number of hydrogen-bond acceptors (Lipinski definition) is 4. The fourth-order valence-electron chi connectivity index (χ4n) is 2.07. The maximum Gasteiger partial charge on any atom is 0.175 e. The van der Waals surface area contributed by atoms with Gasteiger partial charge < -0.3 is 10.9 Å². The quantitative estimate of drug-likeness (QED) is 0.377. The largest absolute Gasteiger partial charge is 0.409 e. The van der Waals surface area contributed by atoms with Crippen molar-refractivity contribution < 1.29 is 5.21 Å². The normalized spacial score (nSPS) is 12.2. The molecule has 0 radical (unpaired) electrons. The lowest BCUT2D eigenvalue weighted by atomic mass is 10.2. The second-order valence-corrected chi connectivity index (χ2v) is 5.08. The SMILES string of the molecule is Cc1nn(-c2c(C(N)=NO)c(C)nn2C)c(C)c1Br. The molecule has 0 fully saturated rings. The molecule has 2 aromatic rings. The Bertz CT molecular complexity index is 669. The fourth-order valence-corrected chi connectivity index (χ4v) is 2.32. The predicted octanol–water partition coefficient (Wildman–Crippen LogP) is 1.39. The second kappa shape index (κ2) is 4.69. The number of aryl methyl sites for hydroxylation is 3. The van der Waals surface area contributed by atoms with E-state index in [2.05, 4.69) is 31.3 Å². The van der Waals surface area contributed by atoms with Crippen LogP contribution in [0, 0.1) is 20.8 Å². The van der Waals surface area contributed by atoms with Crippen LogP contribution >= 0.6 is 15.9 Å². The highest BCUT2D eigenvalue weighted by Crippen LogP contribution is 2.25. The van der Waals surface area contributed by atoms with Gasteiger partial charge in [-0.2, -0.15) is 10.2 Å². The molecule has 2 rings (SSSR count). The predicted molar refractivity (Wildman–Crippen MR) is 74.8 cm³/mol. The Morgan fingerprint density at radius 1 is 1.26 bits per heavy atom. The van der Waals surface area contributed by atoms with Crippen LogP contribution in [0.15, 0.2) is 9.63 Å². The highest BCUT2D eigenvalue weighted by molar-refractivity contribution is 9.10. The third-order valence-electron chi connectivity index (χ3n) is 2.96. The van der Waals surface area contributed by atoms with Crippen molar-refractivity contribution in [3.05, 3.63) is 27.1 Å². The third-order valence-corrected chi connectivity index (χ3v) is 4.11. The summed E-state index contributed by atoms with van der Waals surface area (Å²) in [7, 11) is 1.79. The Balaban J connectivity index is 2.79. The van der Waals surface area contributed by atoms with Crippen molar-refractivity contribution in [2.24, 2.45) is 17.9 Å². The molecular formula is C11H15BrN6O. The first-order valence-electron chi connectivity index (χ1n) is 5.62. The number of nitrogens with two attached hydrogens (primary N) is 1. The lowest BCUT2D eigenvalue weighted by Gasteiger charge is -2.07. The van der Waals surface area contributed by atoms with Gasteiger partial charge in [-0.25, -0.2) is 4.68 Å². The molecule has 8 heteroatoms. The molecule has 0 saturated heterocycles. The van der Waals surface area contributed by atoms with Crippen LogP contribution in [-0.4, -0.2) is 30.6 Å². The van der Waals surface area contributed by atoms with Crippen molar-refractivity contribution in [1.82, 2.24) is 19.6 Å². The molecule has 7 nitrogen and oxygen atoms in total. The maximum absolute atomic E-state index is 8.91. The molecule has 0 aliphatic rings. The van der Waals surface area contributed by atoms with Gasteiger partial charge in [0.1, 0.15) is 0 Å². The average molecular weight is 327 g/mol. The molecular weight excluding hydrogens is 312 g/mol. The van der Waals surface area contributed by atoms with Crippen LogP contribution in [0.5, 0.6) is 0 Å². The molecule has 0 aromatic carbocycles. The van der Waals surface area contributed by atoms with Gasteiger partial charge in [0.15, 0.2) is 11.7 Å². The van der Waals surface area contributed by atoms with Crippen molar-refractivity contribution in [2.45, 2.75) is 20.8 Å². The van der Waals surface area contributed by atoms with Gasteiger partial charge in [0, 0.05) is 7.05 Å². The Kier molecular flexibility index (Phi) is 3.36. The van der Waals surface area contributed by atoms with Crippen LogP contribution < -0.4 is 5.73 Å². The Labute approximate surface area is 118 Å². The monoisotopic (exact) mass is 326 g/mol. The second-order valence-electron chi connectivity index (χ2n) is 4.29. The minimum absolute atomic E-state index is 0.0178. The van der Waals surface area contributed by atoms with E-state index in [0.29, 0.717) is 17.1 Å². The molecule has 0 spiro atoms. The number of halogens is 1. The highest BCUT2D eigenvalue weighted by atomic mass is 79.9. The van der Waals surface area contributed by atoms with Crippen LogP contribution in [-0.2, 0) is 7.05 Å². The fraction of sp³-hybridized carbons (Fsp3) is 0.364. The van der Waals surface area contributed by atoms with Crippen LogP contribution in [0.1, 0.15) is 22.6 Å². The van der Waals surface area contributed by atoms with Gasteiger partial charge in [-0.3, -0.25) is 4.68 Å². The summed E-state index contributed by atoms with van der Waals surface area (Å²) in [4.78, 5) is 0. The molecule has 0 unspecified atom stereocenters. The average Bonchev–Trinajstić information content (AvgIpc) is 2.79. The van der Waals surface area contributed by atoms with Crippen LogP contribution in [0.4, 0.5) is 0 Å². The molecule has 0 aliphatic heterocycles. The molecule has 0 amide bonds. The van der Waals surface area contributed by atoms with E-state index in [9.17, 15) is 0 Å². The standard InChI is InChI=1S/C11H15BrN6O/c1-5-8(10(13)16-19)11(17(4)14-5)18-7(3)9(12)6(2)15-18/h19H,1-4H3,(H2,13,16). The van der Waals surface area contributed by atoms with E-state index in [1.807, 2.05) is 13.8 Å². The van der Waals surface area contributed by atoms with Gasteiger partial charge in [-0.1, -0.05) is 5.16 Å². The lowest BCUT2D eigenvalue weighted by molar-refractivity contribution is 0.318. The molecule has 0 bridgehead atoms. The maximum atomic E-state index is 8.91. The number of hydrogen-bond donors (Lipinski definition) is 2. The van der Waals surface area contributed by atoms with E-state index in [0.717, 1.165) is 15.9 Å².